The van der Waals surface area contributed by atoms with E-state index >= 15 is 0 Å². The van der Waals surface area contributed by atoms with Crippen LogP contribution in [0.3, 0.4) is 0 Å². The van der Waals surface area contributed by atoms with Gasteiger partial charge in [-0.3, -0.25) is 0 Å². The first kappa shape index (κ1) is 10.3. The van der Waals surface area contributed by atoms with Crippen molar-refractivity contribution in [1.29, 1.82) is 0 Å². The van der Waals surface area contributed by atoms with Gasteiger partial charge in [-0.25, -0.2) is 4.98 Å². The molecule has 3 heteroatoms. The Morgan fingerprint density at radius 1 is 1.62 bits per heavy atom. The third-order valence-corrected chi connectivity index (χ3v) is 1.85. The SMILES string of the molecule is Cc1n[c]cn1CCCOC(C)C. The third-order valence-electron chi connectivity index (χ3n) is 1.85. The molecule has 73 valence electrons. The van der Waals surface area contributed by atoms with Crippen molar-refractivity contribution in [2.24, 2.45) is 0 Å². The zero-order chi connectivity index (χ0) is 9.68. The van der Waals surface area contributed by atoms with Crippen LogP contribution < -0.4 is 0 Å². The van der Waals surface area contributed by atoms with Crippen molar-refractivity contribution in [2.75, 3.05) is 6.61 Å². The molecule has 0 unspecified atom stereocenters. The van der Waals surface area contributed by atoms with Gasteiger partial charge in [0.2, 0.25) is 0 Å². The van der Waals surface area contributed by atoms with Crippen molar-refractivity contribution in [3.05, 3.63) is 18.2 Å². The van der Waals surface area contributed by atoms with Crippen LogP contribution >= 0.6 is 0 Å². The van der Waals surface area contributed by atoms with E-state index in [2.05, 4.69) is 29.6 Å². The Hall–Kier alpha value is -0.830. The van der Waals surface area contributed by atoms with E-state index in [0.29, 0.717) is 6.10 Å². The van der Waals surface area contributed by atoms with Gasteiger partial charge in [-0.1, -0.05) is 0 Å². The highest BCUT2D eigenvalue weighted by atomic mass is 16.5. The number of hydrogen-bond donors (Lipinski definition) is 0. The van der Waals surface area contributed by atoms with Gasteiger partial charge in [0.15, 0.2) is 0 Å². The lowest BCUT2D eigenvalue weighted by molar-refractivity contribution is 0.0748. The highest BCUT2D eigenvalue weighted by Crippen LogP contribution is 1.98. The summed E-state index contributed by atoms with van der Waals surface area (Å²) in [7, 11) is 0. The van der Waals surface area contributed by atoms with Crippen LogP contribution in [0.1, 0.15) is 26.1 Å². The Labute approximate surface area is 79.7 Å². The molecule has 1 heterocycles. The smallest absolute Gasteiger partial charge is 0.109 e. The fourth-order valence-corrected chi connectivity index (χ4v) is 1.13. The molecule has 0 saturated heterocycles. The second-order valence-electron chi connectivity index (χ2n) is 3.38. The van der Waals surface area contributed by atoms with E-state index in [4.69, 9.17) is 4.74 Å². The maximum absolute atomic E-state index is 5.44. The molecule has 0 amide bonds. The number of rotatable bonds is 5. The molecule has 0 saturated carbocycles. The molecule has 0 aromatic carbocycles. The molecule has 0 spiro atoms. The molecule has 0 bridgehead atoms. The number of aryl methyl sites for hydroxylation is 2. The molecule has 0 N–H and O–H groups in total. The van der Waals surface area contributed by atoms with Crippen molar-refractivity contribution in [3.8, 4) is 0 Å². The van der Waals surface area contributed by atoms with E-state index in [-0.39, 0.29) is 0 Å². The summed E-state index contributed by atoms with van der Waals surface area (Å²) in [6, 6.07) is 0. The highest BCUT2D eigenvalue weighted by molar-refractivity contribution is 4.86. The largest absolute Gasteiger partial charge is 0.379 e. The lowest BCUT2D eigenvalue weighted by Gasteiger charge is -2.08. The zero-order valence-electron chi connectivity index (χ0n) is 8.58. The molecule has 0 aliphatic heterocycles. The molecule has 1 radical (unpaired) electrons. The first-order chi connectivity index (χ1) is 6.20. The maximum Gasteiger partial charge on any atom is 0.109 e. The highest BCUT2D eigenvalue weighted by Gasteiger charge is 1.97. The summed E-state index contributed by atoms with van der Waals surface area (Å²) in [6.07, 6.45) is 6.06. The van der Waals surface area contributed by atoms with Crippen LogP contribution in [-0.4, -0.2) is 22.3 Å². The molecule has 3 nitrogen and oxygen atoms in total. The zero-order valence-corrected chi connectivity index (χ0v) is 8.58. The summed E-state index contributed by atoms with van der Waals surface area (Å²) >= 11 is 0. The lowest BCUT2D eigenvalue weighted by atomic mass is 10.4. The lowest BCUT2D eigenvalue weighted by Crippen LogP contribution is -2.07. The molecular formula is C10H17N2O. The van der Waals surface area contributed by atoms with Gasteiger partial charge in [0.1, 0.15) is 12.0 Å². The van der Waals surface area contributed by atoms with Crippen molar-refractivity contribution in [2.45, 2.75) is 39.8 Å². The summed E-state index contributed by atoms with van der Waals surface area (Å²) in [5.41, 5.74) is 0. The topological polar surface area (TPSA) is 27.1 Å². The Balaban J connectivity index is 2.17. The van der Waals surface area contributed by atoms with E-state index < -0.39 is 0 Å². The predicted molar refractivity (Wildman–Crippen MR) is 51.5 cm³/mol. The molecular weight excluding hydrogens is 164 g/mol. The molecule has 1 rings (SSSR count). The first-order valence-corrected chi connectivity index (χ1v) is 4.71. The van der Waals surface area contributed by atoms with E-state index in [0.717, 1.165) is 25.4 Å². The fourth-order valence-electron chi connectivity index (χ4n) is 1.13. The molecule has 0 fully saturated rings. The second-order valence-corrected chi connectivity index (χ2v) is 3.38. The van der Waals surface area contributed by atoms with Crippen molar-refractivity contribution >= 4 is 0 Å². The average Bonchev–Trinajstić information content (AvgIpc) is 2.45. The maximum atomic E-state index is 5.44. The van der Waals surface area contributed by atoms with Crippen LogP contribution in [0.5, 0.6) is 0 Å². The number of imidazole rings is 1. The quantitative estimate of drug-likeness (QED) is 0.648. The van der Waals surface area contributed by atoms with Gasteiger partial charge in [0.05, 0.1) is 6.10 Å². The number of aromatic nitrogens is 2. The third kappa shape index (κ3) is 3.59. The molecule has 0 atom stereocenters. The van der Waals surface area contributed by atoms with E-state index in [9.17, 15) is 0 Å². The van der Waals surface area contributed by atoms with Crippen molar-refractivity contribution in [3.63, 3.8) is 0 Å². The van der Waals surface area contributed by atoms with Crippen molar-refractivity contribution < 1.29 is 4.74 Å². The van der Waals surface area contributed by atoms with Crippen LogP contribution in [0.25, 0.3) is 0 Å². The molecule has 0 aliphatic carbocycles. The summed E-state index contributed by atoms with van der Waals surface area (Å²) < 4.78 is 7.52. The predicted octanol–water partition coefficient (Wildman–Crippen LogP) is 1.81. The van der Waals surface area contributed by atoms with E-state index in [1.807, 2.05) is 13.1 Å². The van der Waals surface area contributed by atoms with Gasteiger partial charge < -0.3 is 9.30 Å². The Morgan fingerprint density at radius 2 is 2.38 bits per heavy atom. The van der Waals surface area contributed by atoms with Gasteiger partial charge >= 0.3 is 0 Å². The summed E-state index contributed by atoms with van der Waals surface area (Å²) in [5, 5.41) is 0. The summed E-state index contributed by atoms with van der Waals surface area (Å²) in [6.45, 7) is 7.87. The number of ether oxygens (including phenoxy) is 1. The van der Waals surface area contributed by atoms with Crippen LogP contribution in [-0.2, 0) is 11.3 Å². The van der Waals surface area contributed by atoms with Gasteiger partial charge in [-0.15, -0.1) is 0 Å². The number of hydrogen-bond acceptors (Lipinski definition) is 2. The van der Waals surface area contributed by atoms with Gasteiger partial charge in [-0.05, 0) is 27.2 Å². The van der Waals surface area contributed by atoms with Gasteiger partial charge in [0, 0.05) is 19.3 Å². The molecule has 13 heavy (non-hydrogen) atoms. The summed E-state index contributed by atoms with van der Waals surface area (Å²) in [5.74, 6) is 1.02. The van der Waals surface area contributed by atoms with Crippen molar-refractivity contribution in [1.82, 2.24) is 9.55 Å². The molecule has 1 aromatic rings. The molecule has 0 aliphatic rings. The minimum Gasteiger partial charge on any atom is -0.379 e. The van der Waals surface area contributed by atoms with Crippen LogP contribution in [0.2, 0.25) is 0 Å². The fraction of sp³-hybridized carbons (Fsp3) is 0.700. The Kier molecular flexibility index (Phi) is 3.96. The minimum absolute atomic E-state index is 0.329. The monoisotopic (exact) mass is 181 g/mol. The van der Waals surface area contributed by atoms with E-state index in [1.54, 1.807) is 0 Å². The Morgan fingerprint density at radius 3 is 2.92 bits per heavy atom. The average molecular weight is 181 g/mol. The standard InChI is InChI=1S/C10H17N2O/c1-9(2)13-8-4-6-12-7-5-11-10(12)3/h7,9H,4,6,8H2,1-3H3. The van der Waals surface area contributed by atoms with Gasteiger partial charge in [0.25, 0.3) is 0 Å². The Bertz CT molecular complexity index is 243. The van der Waals surface area contributed by atoms with Gasteiger partial charge in [-0.2, -0.15) is 0 Å². The number of nitrogens with zero attached hydrogens (tertiary/aromatic N) is 2. The molecule has 1 aromatic heterocycles. The van der Waals surface area contributed by atoms with Crippen LogP contribution in [0, 0.1) is 13.1 Å². The minimum atomic E-state index is 0.329. The van der Waals surface area contributed by atoms with Crippen LogP contribution in [0.4, 0.5) is 0 Å². The summed E-state index contributed by atoms with van der Waals surface area (Å²) in [4.78, 5) is 4.03. The first-order valence-electron chi connectivity index (χ1n) is 4.71. The normalized spacial score (nSPS) is 11.1. The second kappa shape index (κ2) is 5.02. The van der Waals surface area contributed by atoms with Crippen LogP contribution in [0.15, 0.2) is 6.20 Å². The van der Waals surface area contributed by atoms with E-state index in [1.165, 1.54) is 0 Å².